The number of para-hydroxylation sites is 1. The Morgan fingerprint density at radius 1 is 0.629 bits per heavy atom. The molecule has 0 spiro atoms. The van der Waals surface area contributed by atoms with Gasteiger partial charge in [0.05, 0.1) is 16.6 Å². The van der Waals surface area contributed by atoms with Gasteiger partial charge in [-0.3, -0.25) is 9.59 Å². The number of unbranched alkanes of at least 4 members (excludes halogenated alkanes) is 2. The molecule has 0 aliphatic heterocycles. The van der Waals surface area contributed by atoms with Gasteiger partial charge in [-0.2, -0.15) is 0 Å². The minimum atomic E-state index is -0.0230. The zero-order valence-corrected chi connectivity index (χ0v) is 20.6. The van der Waals surface area contributed by atoms with Crippen molar-refractivity contribution in [1.82, 2.24) is 14.9 Å². The lowest BCUT2D eigenvalue weighted by atomic mass is 10.0. The summed E-state index contributed by atoms with van der Waals surface area (Å²) in [6.07, 6.45) is 5.82. The molecular formula is C30H33N3O2. The van der Waals surface area contributed by atoms with E-state index in [4.69, 9.17) is 0 Å². The van der Waals surface area contributed by atoms with Crippen molar-refractivity contribution in [3.8, 4) is 0 Å². The van der Waals surface area contributed by atoms with Gasteiger partial charge in [-0.25, -0.2) is 0 Å². The SMILES string of the molecule is CCCCN(CCCC)CCc1ccc2c(=O)c3cc4[nH]c5ccccc5c(=O)c4cc3[nH]c2c1. The van der Waals surface area contributed by atoms with E-state index in [1.165, 1.54) is 31.2 Å². The maximum Gasteiger partial charge on any atom is 0.197 e. The van der Waals surface area contributed by atoms with Crippen LogP contribution in [0.25, 0.3) is 43.6 Å². The Morgan fingerprint density at radius 3 is 1.86 bits per heavy atom. The maximum atomic E-state index is 13.4. The smallest absolute Gasteiger partial charge is 0.197 e. The van der Waals surface area contributed by atoms with Gasteiger partial charge in [-0.15, -0.1) is 0 Å². The van der Waals surface area contributed by atoms with Crippen LogP contribution in [0.5, 0.6) is 0 Å². The number of nitrogens with zero attached hydrogens (tertiary/aromatic N) is 1. The number of hydrogen-bond acceptors (Lipinski definition) is 3. The first-order valence-corrected chi connectivity index (χ1v) is 12.8. The summed E-state index contributed by atoms with van der Waals surface area (Å²) in [6, 6.07) is 17.2. The quantitative estimate of drug-likeness (QED) is 0.257. The molecule has 35 heavy (non-hydrogen) atoms. The van der Waals surface area contributed by atoms with Crippen LogP contribution in [-0.4, -0.2) is 34.5 Å². The van der Waals surface area contributed by atoms with Gasteiger partial charge in [0.2, 0.25) is 0 Å². The maximum absolute atomic E-state index is 13.4. The van der Waals surface area contributed by atoms with Crippen molar-refractivity contribution in [3.05, 3.63) is 80.6 Å². The highest BCUT2D eigenvalue weighted by Crippen LogP contribution is 2.22. The fraction of sp³-hybridized carbons (Fsp3) is 0.333. The van der Waals surface area contributed by atoms with Crippen LogP contribution in [0.4, 0.5) is 0 Å². The minimum absolute atomic E-state index is 0.0104. The predicted octanol–water partition coefficient (Wildman–Crippen LogP) is 6.12. The number of fused-ring (bicyclic) bond motifs is 4. The summed E-state index contributed by atoms with van der Waals surface area (Å²) in [4.78, 5) is 35.8. The molecule has 2 aromatic heterocycles. The van der Waals surface area contributed by atoms with Gasteiger partial charge < -0.3 is 14.9 Å². The van der Waals surface area contributed by atoms with Crippen LogP contribution in [0.3, 0.4) is 0 Å². The summed E-state index contributed by atoms with van der Waals surface area (Å²) >= 11 is 0. The lowest BCUT2D eigenvalue weighted by Crippen LogP contribution is -2.28. The van der Waals surface area contributed by atoms with Crippen molar-refractivity contribution in [2.45, 2.75) is 46.0 Å². The molecule has 0 aliphatic carbocycles. The largest absolute Gasteiger partial charge is 0.354 e. The van der Waals surface area contributed by atoms with Crippen molar-refractivity contribution < 1.29 is 0 Å². The molecule has 0 saturated heterocycles. The molecule has 5 heteroatoms. The van der Waals surface area contributed by atoms with E-state index in [-0.39, 0.29) is 10.9 Å². The second-order valence-electron chi connectivity index (χ2n) is 9.58. The van der Waals surface area contributed by atoms with Gasteiger partial charge in [0.25, 0.3) is 0 Å². The number of hydrogen-bond donors (Lipinski definition) is 2. The highest BCUT2D eigenvalue weighted by atomic mass is 16.1. The zero-order chi connectivity index (χ0) is 24.4. The van der Waals surface area contributed by atoms with Crippen molar-refractivity contribution in [2.75, 3.05) is 19.6 Å². The molecule has 3 aromatic carbocycles. The standard InChI is InChI=1S/C30H33N3O2/c1-3-5-14-33(15-6-4-2)16-13-20-11-12-22-26(17-20)32-28-19-23-27(18-24(28)30(22)35)31-25-10-8-7-9-21(25)29(23)34/h7-12,17-19H,3-6,13-16H2,1-2H3,(H,31,34)(H,32,35). The Bertz CT molecular complexity index is 1620. The molecule has 5 rings (SSSR count). The summed E-state index contributed by atoms with van der Waals surface area (Å²) < 4.78 is 0. The minimum Gasteiger partial charge on any atom is -0.354 e. The second-order valence-corrected chi connectivity index (χ2v) is 9.58. The molecule has 0 unspecified atom stereocenters. The first kappa shape index (κ1) is 23.3. The molecule has 2 heterocycles. The normalized spacial score (nSPS) is 12.0. The lowest BCUT2D eigenvalue weighted by Gasteiger charge is -2.22. The molecule has 0 saturated carbocycles. The van der Waals surface area contributed by atoms with Gasteiger partial charge in [0.15, 0.2) is 10.9 Å². The second kappa shape index (κ2) is 10.0. The average molecular weight is 468 g/mol. The van der Waals surface area contributed by atoms with Gasteiger partial charge in [-0.05, 0) is 74.3 Å². The molecule has 0 bridgehead atoms. The summed E-state index contributed by atoms with van der Waals surface area (Å²) in [6.45, 7) is 7.78. The van der Waals surface area contributed by atoms with E-state index in [0.717, 1.165) is 37.1 Å². The Balaban J connectivity index is 1.53. The van der Waals surface area contributed by atoms with Crippen LogP contribution in [-0.2, 0) is 6.42 Å². The number of benzene rings is 3. The monoisotopic (exact) mass is 467 g/mol. The molecule has 0 fully saturated rings. The summed E-state index contributed by atoms with van der Waals surface area (Å²) in [7, 11) is 0. The molecule has 0 radical (unpaired) electrons. The average Bonchev–Trinajstić information content (AvgIpc) is 2.88. The number of aromatic nitrogens is 2. The Kier molecular flexibility index (Phi) is 6.69. The first-order valence-electron chi connectivity index (χ1n) is 12.8. The fourth-order valence-electron chi connectivity index (χ4n) is 4.99. The van der Waals surface area contributed by atoms with E-state index in [1.807, 2.05) is 42.5 Å². The number of aromatic amines is 2. The van der Waals surface area contributed by atoms with E-state index >= 15 is 0 Å². The highest BCUT2D eigenvalue weighted by Gasteiger charge is 2.12. The molecule has 0 amide bonds. The zero-order valence-electron chi connectivity index (χ0n) is 20.6. The topological polar surface area (TPSA) is 69.0 Å². The fourth-order valence-corrected chi connectivity index (χ4v) is 4.99. The predicted molar refractivity (Wildman–Crippen MR) is 148 cm³/mol. The third-order valence-corrected chi connectivity index (χ3v) is 7.06. The third kappa shape index (κ3) is 4.61. The molecular weight excluding hydrogens is 434 g/mol. The Hall–Kier alpha value is -3.44. The molecule has 0 aliphatic rings. The highest BCUT2D eigenvalue weighted by molar-refractivity contribution is 6.02. The van der Waals surface area contributed by atoms with E-state index in [2.05, 4.69) is 40.8 Å². The summed E-state index contributed by atoms with van der Waals surface area (Å²) in [5.74, 6) is 0. The van der Waals surface area contributed by atoms with Gasteiger partial charge in [0.1, 0.15) is 0 Å². The van der Waals surface area contributed by atoms with E-state index in [0.29, 0.717) is 32.6 Å². The Morgan fingerprint density at radius 2 is 1.20 bits per heavy atom. The van der Waals surface area contributed by atoms with Gasteiger partial charge >= 0.3 is 0 Å². The Labute approximate surface area is 204 Å². The van der Waals surface area contributed by atoms with Crippen LogP contribution in [0.1, 0.15) is 45.1 Å². The summed E-state index contributed by atoms with van der Waals surface area (Å²) in [5.41, 5.74) is 4.16. The van der Waals surface area contributed by atoms with Gasteiger partial charge in [0, 0.05) is 33.6 Å². The molecule has 0 atom stereocenters. The first-order chi connectivity index (χ1) is 17.1. The molecule has 2 N–H and O–H groups in total. The summed E-state index contributed by atoms with van der Waals surface area (Å²) in [5, 5.41) is 2.51. The number of H-pyrrole nitrogens is 2. The molecule has 5 aromatic rings. The van der Waals surface area contributed by atoms with Crippen molar-refractivity contribution in [2.24, 2.45) is 0 Å². The number of rotatable bonds is 9. The third-order valence-electron chi connectivity index (χ3n) is 7.06. The van der Waals surface area contributed by atoms with Gasteiger partial charge in [-0.1, -0.05) is 44.9 Å². The molecule has 5 nitrogen and oxygen atoms in total. The lowest BCUT2D eigenvalue weighted by molar-refractivity contribution is 0.268. The van der Waals surface area contributed by atoms with E-state index in [1.54, 1.807) is 0 Å². The van der Waals surface area contributed by atoms with Crippen LogP contribution < -0.4 is 10.9 Å². The number of pyridine rings is 2. The van der Waals surface area contributed by atoms with Crippen molar-refractivity contribution in [3.63, 3.8) is 0 Å². The van der Waals surface area contributed by atoms with Crippen molar-refractivity contribution >= 4 is 43.6 Å². The number of nitrogens with one attached hydrogen (secondary N) is 2. The van der Waals surface area contributed by atoms with Crippen LogP contribution in [0.2, 0.25) is 0 Å². The van der Waals surface area contributed by atoms with Crippen molar-refractivity contribution in [1.29, 1.82) is 0 Å². The van der Waals surface area contributed by atoms with Crippen LogP contribution in [0, 0.1) is 0 Å². The molecule has 180 valence electrons. The van der Waals surface area contributed by atoms with Crippen LogP contribution >= 0.6 is 0 Å². The van der Waals surface area contributed by atoms with Crippen LogP contribution in [0.15, 0.2) is 64.2 Å². The van der Waals surface area contributed by atoms with E-state index < -0.39 is 0 Å². The van der Waals surface area contributed by atoms with E-state index in [9.17, 15) is 9.59 Å².